The van der Waals surface area contributed by atoms with E-state index in [1.165, 1.54) is 6.92 Å². The van der Waals surface area contributed by atoms with Crippen LogP contribution in [-0.4, -0.2) is 19.9 Å². The average Bonchev–Trinajstić information content (AvgIpc) is 2.88. The summed E-state index contributed by atoms with van der Waals surface area (Å²) in [5.74, 6) is -0.734. The van der Waals surface area contributed by atoms with E-state index in [9.17, 15) is 22.9 Å². The molecule has 6 nitrogen and oxygen atoms in total. The van der Waals surface area contributed by atoms with Gasteiger partial charge in [0.25, 0.3) is 0 Å². The van der Waals surface area contributed by atoms with Crippen molar-refractivity contribution in [1.82, 2.24) is 4.72 Å². The van der Waals surface area contributed by atoms with Gasteiger partial charge < -0.3 is 0 Å². The summed E-state index contributed by atoms with van der Waals surface area (Å²) in [6, 6.07) is 1.66. The second-order valence-electron chi connectivity index (χ2n) is 5.33. The highest BCUT2D eigenvalue weighted by Crippen LogP contribution is 2.27. The van der Waals surface area contributed by atoms with Gasteiger partial charge in [-0.25, -0.2) is 13.1 Å². The average molecular weight is 316 g/mol. The number of halogens is 1. The highest BCUT2D eigenvalue weighted by Gasteiger charge is 2.25. The highest BCUT2D eigenvalue weighted by molar-refractivity contribution is 7.89. The van der Waals surface area contributed by atoms with Gasteiger partial charge in [0, 0.05) is 12.6 Å². The number of nitrogens with zero attached hydrogens (tertiary/aromatic N) is 1. The lowest BCUT2D eigenvalue weighted by Crippen LogP contribution is -2.29. The Hall–Kier alpha value is -1.54. The van der Waals surface area contributed by atoms with E-state index in [4.69, 9.17) is 0 Å². The summed E-state index contributed by atoms with van der Waals surface area (Å²) in [6.07, 6.45) is 4.14. The van der Waals surface area contributed by atoms with Crippen LogP contribution in [0.4, 0.5) is 10.1 Å². The Morgan fingerprint density at radius 3 is 2.57 bits per heavy atom. The predicted molar refractivity (Wildman–Crippen MR) is 74.9 cm³/mol. The molecule has 0 aromatic heterocycles. The molecular weight excluding hydrogens is 299 g/mol. The van der Waals surface area contributed by atoms with Crippen LogP contribution in [0.5, 0.6) is 0 Å². The van der Waals surface area contributed by atoms with Gasteiger partial charge in [0.2, 0.25) is 15.8 Å². The number of nitro groups is 1. The molecule has 0 amide bonds. The van der Waals surface area contributed by atoms with E-state index < -0.39 is 26.5 Å². The molecule has 0 atom stereocenters. The minimum Gasteiger partial charge on any atom is -0.258 e. The van der Waals surface area contributed by atoms with Gasteiger partial charge in [-0.05, 0) is 37.3 Å². The van der Waals surface area contributed by atoms with Crippen molar-refractivity contribution in [1.29, 1.82) is 0 Å². The van der Waals surface area contributed by atoms with Gasteiger partial charge in [-0.15, -0.1) is 0 Å². The molecule has 8 heteroatoms. The number of hydrogen-bond acceptors (Lipinski definition) is 4. The van der Waals surface area contributed by atoms with Crippen molar-refractivity contribution in [2.24, 2.45) is 5.92 Å². The maximum Gasteiger partial charge on any atom is 0.306 e. The number of aryl methyl sites for hydroxylation is 1. The first-order valence-electron chi connectivity index (χ1n) is 6.75. The van der Waals surface area contributed by atoms with Gasteiger partial charge in [-0.3, -0.25) is 10.1 Å². The Labute approximate surface area is 122 Å². The van der Waals surface area contributed by atoms with E-state index in [1.54, 1.807) is 0 Å². The zero-order valence-corrected chi connectivity index (χ0v) is 12.5. The molecule has 21 heavy (non-hydrogen) atoms. The Morgan fingerprint density at radius 2 is 2.00 bits per heavy atom. The molecule has 0 radical (unpaired) electrons. The van der Waals surface area contributed by atoms with Crippen molar-refractivity contribution in [3.63, 3.8) is 0 Å². The molecule has 1 fully saturated rings. The standard InChI is InChI=1S/C13H17FN2O4S/c1-9-6-11(14)12(16(17)18)7-13(9)21(19,20)15-8-10-4-2-3-5-10/h6-7,10,15H,2-5,8H2,1H3. The van der Waals surface area contributed by atoms with Crippen LogP contribution in [0.2, 0.25) is 0 Å². The molecule has 0 saturated heterocycles. The summed E-state index contributed by atoms with van der Waals surface area (Å²) in [4.78, 5) is 9.56. The van der Waals surface area contributed by atoms with Crippen LogP contribution >= 0.6 is 0 Å². The van der Waals surface area contributed by atoms with Crippen molar-refractivity contribution in [3.8, 4) is 0 Å². The number of sulfonamides is 1. The predicted octanol–water partition coefficient (Wildman–Crippen LogP) is 2.51. The maximum absolute atomic E-state index is 13.4. The molecule has 1 aliphatic carbocycles. The monoisotopic (exact) mass is 316 g/mol. The Morgan fingerprint density at radius 1 is 1.38 bits per heavy atom. The summed E-state index contributed by atoms with van der Waals surface area (Å²) in [5.41, 5.74) is -0.682. The van der Waals surface area contributed by atoms with Crippen LogP contribution in [0.1, 0.15) is 31.2 Å². The fourth-order valence-corrected chi connectivity index (χ4v) is 3.95. The van der Waals surface area contributed by atoms with Crippen molar-refractivity contribution in [2.75, 3.05) is 6.54 Å². The van der Waals surface area contributed by atoms with E-state index in [0.717, 1.165) is 37.8 Å². The lowest BCUT2D eigenvalue weighted by molar-refractivity contribution is -0.387. The molecule has 1 N–H and O–H groups in total. The number of rotatable bonds is 5. The zero-order chi connectivity index (χ0) is 15.6. The Balaban J connectivity index is 2.26. The van der Waals surface area contributed by atoms with Crippen molar-refractivity contribution in [2.45, 2.75) is 37.5 Å². The van der Waals surface area contributed by atoms with Crippen LogP contribution < -0.4 is 4.72 Å². The lowest BCUT2D eigenvalue weighted by atomic mass is 10.1. The smallest absolute Gasteiger partial charge is 0.258 e. The fraction of sp³-hybridized carbons (Fsp3) is 0.538. The zero-order valence-electron chi connectivity index (χ0n) is 11.6. The van der Waals surface area contributed by atoms with Crippen LogP contribution in [0.25, 0.3) is 0 Å². The molecule has 1 aliphatic rings. The van der Waals surface area contributed by atoms with Crippen LogP contribution in [0.15, 0.2) is 17.0 Å². The fourth-order valence-electron chi connectivity index (χ4n) is 2.59. The van der Waals surface area contributed by atoms with Gasteiger partial charge >= 0.3 is 5.69 Å². The van der Waals surface area contributed by atoms with Gasteiger partial charge in [0.05, 0.1) is 9.82 Å². The first kappa shape index (κ1) is 15.8. The van der Waals surface area contributed by atoms with Gasteiger partial charge in [-0.2, -0.15) is 4.39 Å². The number of nitrogens with one attached hydrogen (secondary N) is 1. The van der Waals surface area contributed by atoms with E-state index >= 15 is 0 Å². The summed E-state index contributed by atoms with van der Waals surface area (Å²) in [6.45, 7) is 1.73. The Bertz CT molecular complexity index is 654. The third kappa shape index (κ3) is 3.56. The lowest BCUT2D eigenvalue weighted by Gasteiger charge is -2.12. The molecule has 0 heterocycles. The number of hydrogen-bond donors (Lipinski definition) is 1. The van der Waals surface area contributed by atoms with E-state index in [-0.39, 0.29) is 10.5 Å². The SMILES string of the molecule is Cc1cc(F)c([N+](=O)[O-])cc1S(=O)(=O)NCC1CCCC1. The molecule has 1 saturated carbocycles. The van der Waals surface area contributed by atoms with Crippen LogP contribution in [-0.2, 0) is 10.0 Å². The van der Waals surface area contributed by atoms with Crippen LogP contribution in [0, 0.1) is 28.8 Å². The minimum atomic E-state index is -3.87. The molecule has 2 rings (SSSR count). The van der Waals surface area contributed by atoms with E-state index in [0.29, 0.717) is 12.5 Å². The second kappa shape index (κ2) is 6.07. The first-order chi connectivity index (χ1) is 9.81. The van der Waals surface area contributed by atoms with E-state index in [1.807, 2.05) is 0 Å². The minimum absolute atomic E-state index is 0.150. The van der Waals surface area contributed by atoms with Crippen molar-refractivity contribution in [3.05, 3.63) is 33.6 Å². The first-order valence-corrected chi connectivity index (χ1v) is 8.24. The Kier molecular flexibility index (Phi) is 4.58. The normalized spacial score (nSPS) is 16.3. The summed E-state index contributed by atoms with van der Waals surface area (Å²) in [5, 5.41) is 10.7. The molecule has 0 spiro atoms. The summed E-state index contributed by atoms with van der Waals surface area (Å²) >= 11 is 0. The third-order valence-electron chi connectivity index (χ3n) is 3.77. The molecule has 116 valence electrons. The highest BCUT2D eigenvalue weighted by atomic mass is 32.2. The molecule has 0 bridgehead atoms. The number of nitro benzene ring substituents is 1. The largest absolute Gasteiger partial charge is 0.306 e. The van der Waals surface area contributed by atoms with Gasteiger partial charge in [-0.1, -0.05) is 12.8 Å². The molecular formula is C13H17FN2O4S. The maximum atomic E-state index is 13.4. The van der Waals surface area contributed by atoms with E-state index in [2.05, 4.69) is 4.72 Å². The van der Waals surface area contributed by atoms with Gasteiger partial charge in [0.1, 0.15) is 0 Å². The van der Waals surface area contributed by atoms with Crippen molar-refractivity contribution >= 4 is 15.7 Å². The second-order valence-corrected chi connectivity index (χ2v) is 7.06. The van der Waals surface area contributed by atoms with Gasteiger partial charge in [0.15, 0.2) is 0 Å². The quantitative estimate of drug-likeness (QED) is 0.667. The molecule has 1 aromatic carbocycles. The van der Waals surface area contributed by atoms with Crippen LogP contribution in [0.3, 0.4) is 0 Å². The third-order valence-corrected chi connectivity index (χ3v) is 5.33. The molecule has 1 aromatic rings. The number of benzene rings is 1. The molecule has 0 aliphatic heterocycles. The molecule has 0 unspecified atom stereocenters. The van der Waals surface area contributed by atoms with Crippen molar-refractivity contribution < 1.29 is 17.7 Å². The summed E-state index contributed by atoms with van der Waals surface area (Å²) < 4.78 is 40.4. The summed E-state index contributed by atoms with van der Waals surface area (Å²) in [7, 11) is -3.87. The topological polar surface area (TPSA) is 89.3 Å².